The van der Waals surface area contributed by atoms with Crippen LogP contribution in [0.4, 0.5) is 4.79 Å². The van der Waals surface area contributed by atoms with Crippen molar-refractivity contribution in [2.75, 3.05) is 13.6 Å². The van der Waals surface area contributed by atoms with E-state index in [4.69, 9.17) is 5.73 Å². The van der Waals surface area contributed by atoms with Gasteiger partial charge in [-0.3, -0.25) is 19.3 Å². The van der Waals surface area contributed by atoms with Gasteiger partial charge in [-0.1, -0.05) is 101 Å². The predicted molar refractivity (Wildman–Crippen MR) is 180 cm³/mol. The molecular weight excluding hydrogens is 558 g/mol. The molecule has 0 aromatic carbocycles. The molecule has 2 fully saturated rings. The van der Waals surface area contributed by atoms with Gasteiger partial charge in [0.1, 0.15) is 6.29 Å². The second-order valence-corrected chi connectivity index (χ2v) is 12.7. The number of nitrogens with zero attached hydrogens (tertiary/aromatic N) is 1. The van der Waals surface area contributed by atoms with Crippen molar-refractivity contribution in [1.82, 2.24) is 20.9 Å². The van der Waals surface area contributed by atoms with Crippen molar-refractivity contribution < 1.29 is 24.0 Å². The topological polar surface area (TPSA) is 151 Å². The molecule has 4 unspecified atom stereocenters. The monoisotopic (exact) mass is 626 g/mol. The van der Waals surface area contributed by atoms with E-state index in [1.54, 1.807) is 0 Å². The van der Waals surface area contributed by atoms with E-state index in [1.165, 1.54) is 19.3 Å². The van der Waals surface area contributed by atoms with Gasteiger partial charge in [0.05, 0.1) is 18.1 Å². The fourth-order valence-corrected chi connectivity index (χ4v) is 5.41. The first-order valence-corrected chi connectivity index (χ1v) is 17.1. The van der Waals surface area contributed by atoms with E-state index in [1.807, 2.05) is 74.3 Å². The molecule has 5 N–H and O–H groups in total. The molecule has 2 rings (SSSR count). The molecule has 1 aliphatic carbocycles. The first-order valence-electron chi connectivity index (χ1n) is 17.1. The Morgan fingerprint density at radius 2 is 1.52 bits per heavy atom. The number of primary amides is 1. The minimum Gasteiger partial charge on any atom is -0.363 e. The number of hydrogen-bond donors (Lipinski definition) is 4. The molecule has 1 heterocycles. The summed E-state index contributed by atoms with van der Waals surface area (Å²) in [5, 5.41) is 8.48. The van der Waals surface area contributed by atoms with Gasteiger partial charge in [0.2, 0.25) is 11.7 Å². The average molecular weight is 626 g/mol. The van der Waals surface area contributed by atoms with Gasteiger partial charge in [0, 0.05) is 6.04 Å². The van der Waals surface area contributed by atoms with E-state index in [-0.39, 0.29) is 35.4 Å². The number of rotatable bonds is 12. The Hall–Kier alpha value is -2.49. The SMILES string of the molecule is CC.CC.CC(C)(C)C(C=O)NC(=O)NC1CCCCC1.CCC[C@H]1CCN(C)C1C(=O)NC(CC(C)CC)C(=O)C(N)=O. The molecule has 10 nitrogen and oxygen atoms in total. The van der Waals surface area contributed by atoms with Gasteiger partial charge in [-0.05, 0) is 62.9 Å². The summed E-state index contributed by atoms with van der Waals surface area (Å²) in [6, 6.07) is -1.42. The first-order chi connectivity index (χ1) is 20.7. The molecule has 10 heteroatoms. The van der Waals surface area contributed by atoms with Crippen molar-refractivity contribution >= 4 is 29.9 Å². The van der Waals surface area contributed by atoms with Crippen molar-refractivity contribution in [2.45, 2.75) is 158 Å². The number of carbonyl (C=O) groups excluding carboxylic acids is 5. The van der Waals surface area contributed by atoms with Gasteiger partial charge in [0.15, 0.2) is 0 Å². The van der Waals surface area contributed by atoms with Crippen molar-refractivity contribution in [3.63, 3.8) is 0 Å². The van der Waals surface area contributed by atoms with Gasteiger partial charge in [-0.25, -0.2) is 4.79 Å². The van der Waals surface area contributed by atoms with E-state index in [0.717, 1.165) is 51.4 Å². The van der Waals surface area contributed by atoms with Crippen LogP contribution in [0.5, 0.6) is 0 Å². The van der Waals surface area contributed by atoms with Gasteiger partial charge in [0.25, 0.3) is 5.91 Å². The van der Waals surface area contributed by atoms with E-state index in [0.29, 0.717) is 12.3 Å². The lowest BCUT2D eigenvalue weighted by Gasteiger charge is -2.29. The quantitative estimate of drug-likeness (QED) is 0.169. The van der Waals surface area contributed by atoms with Crippen molar-refractivity contribution in [3.05, 3.63) is 0 Å². The third kappa shape index (κ3) is 16.5. The predicted octanol–water partition coefficient (Wildman–Crippen LogP) is 5.37. The zero-order valence-corrected chi connectivity index (χ0v) is 29.9. The molecule has 0 radical (unpaired) electrons. The minimum absolute atomic E-state index is 0.161. The number of Topliss-reactive ketones (excluding diaryl/α,β-unsaturated/α-hetero) is 1. The summed E-state index contributed by atoms with van der Waals surface area (Å²) in [7, 11) is 1.93. The highest BCUT2D eigenvalue weighted by atomic mass is 16.2. The van der Waals surface area contributed by atoms with Crippen LogP contribution in [0.15, 0.2) is 0 Å². The molecule has 0 bridgehead atoms. The Kier molecular flexibility index (Phi) is 23.6. The molecule has 258 valence electrons. The molecule has 1 saturated heterocycles. The summed E-state index contributed by atoms with van der Waals surface area (Å²) in [5.41, 5.74) is 4.89. The lowest BCUT2D eigenvalue weighted by Crippen LogP contribution is -2.53. The molecule has 2 aliphatic rings. The summed E-state index contributed by atoms with van der Waals surface area (Å²) in [6.45, 7) is 20.8. The molecule has 5 atom stereocenters. The van der Waals surface area contributed by atoms with Crippen LogP contribution in [0.1, 0.15) is 133 Å². The Morgan fingerprint density at radius 3 is 1.98 bits per heavy atom. The molecule has 0 spiro atoms. The normalized spacial score (nSPS) is 20.4. The van der Waals surface area contributed by atoms with E-state index < -0.39 is 23.8 Å². The number of ketones is 1. The fraction of sp³-hybridized carbons (Fsp3) is 0.853. The maximum atomic E-state index is 12.7. The van der Waals surface area contributed by atoms with Crippen LogP contribution in [-0.4, -0.2) is 72.6 Å². The number of likely N-dealkylation sites (tertiary alicyclic amines) is 1. The lowest BCUT2D eigenvalue weighted by molar-refractivity contribution is -0.139. The van der Waals surface area contributed by atoms with Crippen LogP contribution in [0, 0.1) is 17.3 Å². The average Bonchev–Trinajstić information content (AvgIpc) is 3.37. The number of amides is 4. The van der Waals surface area contributed by atoms with Crippen LogP contribution >= 0.6 is 0 Å². The third-order valence-electron chi connectivity index (χ3n) is 8.21. The number of aldehydes is 1. The number of nitrogens with one attached hydrogen (secondary N) is 3. The number of likely N-dealkylation sites (N-methyl/N-ethyl adjacent to an activating group) is 1. The van der Waals surface area contributed by atoms with Crippen LogP contribution in [0.25, 0.3) is 0 Å². The smallest absolute Gasteiger partial charge is 0.315 e. The van der Waals surface area contributed by atoms with Crippen LogP contribution in [0.3, 0.4) is 0 Å². The summed E-state index contributed by atoms with van der Waals surface area (Å²) in [5.74, 6) is -1.31. The van der Waals surface area contributed by atoms with Gasteiger partial charge >= 0.3 is 6.03 Å². The number of hydrogen-bond acceptors (Lipinski definition) is 6. The highest BCUT2D eigenvalue weighted by Gasteiger charge is 2.38. The Morgan fingerprint density at radius 1 is 0.955 bits per heavy atom. The lowest BCUT2D eigenvalue weighted by atomic mass is 9.88. The zero-order chi connectivity index (χ0) is 34.5. The first kappa shape index (κ1) is 43.6. The largest absolute Gasteiger partial charge is 0.363 e. The maximum Gasteiger partial charge on any atom is 0.315 e. The third-order valence-corrected chi connectivity index (χ3v) is 8.21. The van der Waals surface area contributed by atoms with Crippen LogP contribution in [-0.2, 0) is 19.2 Å². The molecule has 0 aromatic rings. The minimum atomic E-state index is -0.983. The second kappa shape index (κ2) is 23.8. The molecule has 1 aliphatic heterocycles. The van der Waals surface area contributed by atoms with Crippen LogP contribution < -0.4 is 21.7 Å². The Bertz CT molecular complexity index is 836. The van der Waals surface area contributed by atoms with Gasteiger partial charge in [-0.2, -0.15) is 0 Å². The van der Waals surface area contributed by atoms with Crippen LogP contribution in [0.2, 0.25) is 0 Å². The Balaban J connectivity index is 0. The van der Waals surface area contributed by atoms with Crippen molar-refractivity contribution in [2.24, 2.45) is 23.0 Å². The Labute approximate surface area is 268 Å². The van der Waals surface area contributed by atoms with E-state index in [2.05, 4.69) is 22.9 Å². The zero-order valence-electron chi connectivity index (χ0n) is 29.9. The fourth-order valence-electron chi connectivity index (χ4n) is 5.41. The van der Waals surface area contributed by atoms with Gasteiger partial charge < -0.3 is 26.5 Å². The molecule has 44 heavy (non-hydrogen) atoms. The molecule has 1 saturated carbocycles. The van der Waals surface area contributed by atoms with Crippen molar-refractivity contribution in [3.8, 4) is 0 Å². The standard InChI is InChI=1S/C17H31N3O3.C13H24N2O2.2C2H6/c1-5-7-12-8-9-20(4)14(12)17(23)19-13(10-11(3)6-2)15(21)16(18)22;1-13(2,3)11(9-16)15-12(17)14-10-7-5-4-6-8-10;2*1-2/h11-14H,5-10H2,1-4H3,(H2,18,22)(H,19,23);9-11H,4-8H2,1-3H3,(H2,14,15,17);2*1-2H3/t11?,12-,13?,14?;;;/m0.../s1. The molecule has 4 amide bonds. The highest BCUT2D eigenvalue weighted by molar-refractivity contribution is 6.37. The number of carbonyl (C=O) groups is 5. The number of urea groups is 1. The molecule has 0 aromatic heterocycles. The summed E-state index contributed by atoms with van der Waals surface area (Å²) in [4.78, 5) is 60.7. The summed E-state index contributed by atoms with van der Waals surface area (Å²) < 4.78 is 0. The second-order valence-electron chi connectivity index (χ2n) is 12.7. The van der Waals surface area contributed by atoms with E-state index >= 15 is 0 Å². The maximum absolute atomic E-state index is 12.7. The van der Waals surface area contributed by atoms with E-state index in [9.17, 15) is 24.0 Å². The van der Waals surface area contributed by atoms with Crippen molar-refractivity contribution in [1.29, 1.82) is 0 Å². The summed E-state index contributed by atoms with van der Waals surface area (Å²) >= 11 is 0. The molecular formula is C34H67N5O5. The highest BCUT2D eigenvalue weighted by Crippen LogP contribution is 2.27. The number of nitrogens with two attached hydrogens (primary N) is 1. The summed E-state index contributed by atoms with van der Waals surface area (Å²) in [6.07, 6.45) is 10.9. The van der Waals surface area contributed by atoms with Gasteiger partial charge in [-0.15, -0.1) is 0 Å².